The molecule has 1 aromatic carbocycles. The molecule has 0 aromatic heterocycles. The van der Waals surface area contributed by atoms with Gasteiger partial charge in [0.25, 0.3) is 5.91 Å². The third-order valence-electron chi connectivity index (χ3n) is 3.80. The molecule has 3 rings (SSSR count). The van der Waals surface area contributed by atoms with E-state index in [1.807, 2.05) is 0 Å². The average molecular weight is 306 g/mol. The first-order valence-corrected chi connectivity index (χ1v) is 6.87. The number of hydrogen-bond donors (Lipinski definition) is 0. The van der Waals surface area contributed by atoms with Crippen molar-refractivity contribution in [2.45, 2.75) is 24.6 Å². The van der Waals surface area contributed by atoms with Gasteiger partial charge in [-0.3, -0.25) is 9.79 Å². The fourth-order valence-corrected chi connectivity index (χ4v) is 2.33. The maximum Gasteiger partial charge on any atom is 0.429 e. The molecule has 1 aliphatic heterocycles. The van der Waals surface area contributed by atoms with Gasteiger partial charge in [-0.25, -0.2) is 0 Å². The summed E-state index contributed by atoms with van der Waals surface area (Å²) in [6.45, 7) is 0. The lowest BCUT2D eigenvalue weighted by molar-refractivity contribution is -0.170. The van der Waals surface area contributed by atoms with E-state index in [9.17, 15) is 18.0 Å². The topological polar surface area (TPSA) is 32.7 Å². The zero-order chi connectivity index (χ0) is 16.0. The summed E-state index contributed by atoms with van der Waals surface area (Å²) >= 11 is 0. The number of rotatable bonds is 0. The van der Waals surface area contributed by atoms with Gasteiger partial charge in [-0.15, -0.1) is 0 Å². The first-order valence-electron chi connectivity index (χ1n) is 6.87. The molecular weight excluding hydrogens is 293 g/mol. The summed E-state index contributed by atoms with van der Waals surface area (Å²) in [5.41, 5.74) is -2.63. The number of hydrogen-bond acceptors (Lipinski definition) is 2. The zero-order valence-corrected chi connectivity index (χ0v) is 11.8. The summed E-state index contributed by atoms with van der Waals surface area (Å²) < 4.78 is 41.5. The standard InChI is InChI=1S/C16H13F3N2O/c1-21-13-5-3-2-4-12(13)15(16(17,18)19,20-10-14(21)22)9-8-11-6-7-11/h2-5,10-11H,6-7H2,1H3/t15-/m0/s1. The van der Waals surface area contributed by atoms with Crippen molar-refractivity contribution >= 4 is 17.8 Å². The molecule has 1 fully saturated rings. The fourth-order valence-electron chi connectivity index (χ4n) is 2.33. The van der Waals surface area contributed by atoms with Crippen LogP contribution < -0.4 is 4.90 Å². The highest BCUT2D eigenvalue weighted by atomic mass is 19.4. The van der Waals surface area contributed by atoms with Crippen molar-refractivity contribution in [3.63, 3.8) is 0 Å². The van der Waals surface area contributed by atoms with Crippen LogP contribution in [-0.2, 0) is 10.3 Å². The predicted octanol–water partition coefficient (Wildman–Crippen LogP) is 2.90. The van der Waals surface area contributed by atoms with E-state index in [4.69, 9.17) is 0 Å². The van der Waals surface area contributed by atoms with Crippen molar-refractivity contribution < 1.29 is 18.0 Å². The number of amides is 1. The molecule has 0 radical (unpaired) electrons. The van der Waals surface area contributed by atoms with Crippen LogP contribution in [0.25, 0.3) is 0 Å². The Bertz CT molecular complexity index is 710. The number of carbonyl (C=O) groups is 1. The van der Waals surface area contributed by atoms with Crippen LogP contribution in [0.5, 0.6) is 0 Å². The van der Waals surface area contributed by atoms with Gasteiger partial charge >= 0.3 is 6.18 Å². The smallest absolute Gasteiger partial charge is 0.310 e. The Kier molecular flexibility index (Phi) is 3.24. The number of benzene rings is 1. The molecule has 1 atom stereocenters. The number of nitrogens with zero attached hydrogens (tertiary/aromatic N) is 2. The number of anilines is 1. The van der Waals surface area contributed by atoms with E-state index in [-0.39, 0.29) is 17.2 Å². The molecule has 0 unspecified atom stereocenters. The van der Waals surface area contributed by atoms with E-state index in [1.165, 1.54) is 25.2 Å². The molecule has 114 valence electrons. The van der Waals surface area contributed by atoms with Crippen LogP contribution in [0.15, 0.2) is 29.3 Å². The Labute approximate surface area is 125 Å². The summed E-state index contributed by atoms with van der Waals surface area (Å²) in [5.74, 6) is 4.37. The van der Waals surface area contributed by atoms with Gasteiger partial charge in [0.1, 0.15) is 0 Å². The molecular formula is C16H13F3N2O. The van der Waals surface area contributed by atoms with Crippen molar-refractivity contribution in [3.05, 3.63) is 29.8 Å². The van der Waals surface area contributed by atoms with Crippen LogP contribution >= 0.6 is 0 Å². The van der Waals surface area contributed by atoms with Crippen molar-refractivity contribution in [3.8, 4) is 11.8 Å². The number of para-hydroxylation sites is 1. The van der Waals surface area contributed by atoms with Crippen LogP contribution in [-0.4, -0.2) is 25.3 Å². The number of fused-ring (bicyclic) bond motifs is 1. The van der Waals surface area contributed by atoms with Crippen LogP contribution in [0.1, 0.15) is 18.4 Å². The van der Waals surface area contributed by atoms with E-state index in [1.54, 1.807) is 6.07 Å². The molecule has 22 heavy (non-hydrogen) atoms. The molecule has 6 heteroatoms. The lowest BCUT2D eigenvalue weighted by atomic mass is 9.88. The minimum absolute atomic E-state index is 0.00160. The van der Waals surface area contributed by atoms with Crippen LogP contribution in [0.3, 0.4) is 0 Å². The van der Waals surface area contributed by atoms with Gasteiger partial charge in [0.2, 0.25) is 5.54 Å². The minimum Gasteiger partial charge on any atom is -0.310 e. The van der Waals surface area contributed by atoms with Crippen molar-refractivity contribution in [1.29, 1.82) is 0 Å². The Morgan fingerprint density at radius 1 is 1.32 bits per heavy atom. The molecule has 0 N–H and O–H groups in total. The number of alkyl halides is 3. The maximum atomic E-state index is 13.8. The Hall–Kier alpha value is -2.29. The first kappa shape index (κ1) is 14.6. The van der Waals surface area contributed by atoms with E-state index < -0.39 is 17.6 Å². The number of halogens is 3. The minimum atomic E-state index is -4.72. The summed E-state index contributed by atoms with van der Waals surface area (Å²) in [6.07, 6.45) is -2.38. The Morgan fingerprint density at radius 2 is 2.00 bits per heavy atom. The lowest BCUT2D eigenvalue weighted by Gasteiger charge is -2.29. The second-order valence-corrected chi connectivity index (χ2v) is 5.42. The van der Waals surface area contributed by atoms with Gasteiger partial charge in [-0.05, 0) is 18.9 Å². The summed E-state index contributed by atoms with van der Waals surface area (Å²) in [4.78, 5) is 16.6. The van der Waals surface area contributed by atoms with E-state index in [0.29, 0.717) is 0 Å². The van der Waals surface area contributed by atoms with Gasteiger partial charge < -0.3 is 4.90 Å². The van der Waals surface area contributed by atoms with Gasteiger partial charge in [0, 0.05) is 18.5 Å². The summed E-state index contributed by atoms with van der Waals surface area (Å²) in [6, 6.07) is 5.89. The Balaban J connectivity index is 2.28. The molecule has 0 saturated heterocycles. The van der Waals surface area contributed by atoms with E-state index >= 15 is 0 Å². The molecule has 1 heterocycles. The third kappa shape index (κ3) is 2.27. The van der Waals surface area contributed by atoms with E-state index in [0.717, 1.165) is 24.0 Å². The van der Waals surface area contributed by atoms with Crippen LogP contribution in [0.2, 0.25) is 0 Å². The number of aliphatic imine (C=N–C) groups is 1. The lowest BCUT2D eigenvalue weighted by Crippen LogP contribution is -2.39. The van der Waals surface area contributed by atoms with Crippen molar-refractivity contribution in [2.75, 3.05) is 11.9 Å². The largest absolute Gasteiger partial charge is 0.429 e. The molecule has 3 nitrogen and oxygen atoms in total. The molecule has 2 aliphatic rings. The quantitative estimate of drug-likeness (QED) is 0.678. The Morgan fingerprint density at radius 3 is 2.64 bits per heavy atom. The van der Waals surface area contributed by atoms with Gasteiger partial charge in [0.05, 0.1) is 11.9 Å². The van der Waals surface area contributed by atoms with Gasteiger partial charge in [-0.2, -0.15) is 13.2 Å². The highest BCUT2D eigenvalue weighted by molar-refractivity contribution is 6.33. The van der Waals surface area contributed by atoms with Gasteiger partial charge in [0.15, 0.2) is 0 Å². The zero-order valence-electron chi connectivity index (χ0n) is 11.8. The molecule has 0 bridgehead atoms. The molecule has 0 spiro atoms. The van der Waals surface area contributed by atoms with E-state index in [2.05, 4.69) is 16.8 Å². The number of carbonyl (C=O) groups excluding carboxylic acids is 1. The maximum absolute atomic E-state index is 13.8. The SMILES string of the molecule is CN1C(=O)C=N[C@](C#CC2CC2)(C(F)(F)F)c2ccccc21. The summed E-state index contributed by atoms with van der Waals surface area (Å²) in [7, 11) is 1.42. The molecule has 1 saturated carbocycles. The molecule has 1 amide bonds. The first-order chi connectivity index (χ1) is 10.3. The van der Waals surface area contributed by atoms with Crippen LogP contribution in [0.4, 0.5) is 18.9 Å². The predicted molar refractivity (Wildman–Crippen MR) is 76.6 cm³/mol. The van der Waals surface area contributed by atoms with Crippen molar-refractivity contribution in [1.82, 2.24) is 0 Å². The van der Waals surface area contributed by atoms with Crippen molar-refractivity contribution in [2.24, 2.45) is 10.9 Å². The third-order valence-corrected chi connectivity index (χ3v) is 3.80. The second kappa shape index (κ2) is 4.87. The van der Waals surface area contributed by atoms with Crippen LogP contribution in [0, 0.1) is 17.8 Å². The average Bonchev–Trinajstić information content (AvgIpc) is 3.29. The monoisotopic (exact) mass is 306 g/mol. The highest BCUT2D eigenvalue weighted by Crippen LogP contribution is 2.46. The fraction of sp³-hybridized carbons (Fsp3) is 0.375. The summed E-state index contributed by atoms with van der Waals surface area (Å²) in [5, 5.41) is 0. The molecule has 1 aliphatic carbocycles. The van der Waals surface area contributed by atoms with Gasteiger partial charge in [-0.1, -0.05) is 30.0 Å². The normalized spacial score (nSPS) is 24.4. The molecule has 1 aromatic rings. The highest BCUT2D eigenvalue weighted by Gasteiger charge is 2.57. The second-order valence-electron chi connectivity index (χ2n) is 5.42.